The molecule has 2 aliphatic carbocycles. The van der Waals surface area contributed by atoms with Crippen molar-refractivity contribution in [2.45, 2.75) is 30.4 Å². The molecular formula is C49H37Br2Cl2F3N4O8. The molecule has 2 aliphatic heterocycles. The zero-order valence-electron chi connectivity index (χ0n) is 35.9. The van der Waals surface area contributed by atoms with Crippen LogP contribution in [0.5, 0.6) is 23.0 Å². The van der Waals surface area contributed by atoms with Crippen molar-refractivity contribution >= 4 is 102 Å². The third kappa shape index (κ3) is 7.61. The summed E-state index contributed by atoms with van der Waals surface area (Å²) >= 11 is 19.9. The number of allylic oxidation sites excluding steroid dienone is 2. The van der Waals surface area contributed by atoms with E-state index in [0.29, 0.717) is 60.7 Å². The fraction of sp³-hybridized carbons (Fsp3) is 0.245. The fourth-order valence-corrected chi connectivity index (χ4v) is 11.5. The number of phenolic OH excluding ortho intramolecular Hbond substituents is 1. The number of imide groups is 2. The van der Waals surface area contributed by atoms with Crippen LogP contribution in [0, 0.1) is 23.7 Å². The first-order chi connectivity index (χ1) is 32.4. The van der Waals surface area contributed by atoms with Crippen LogP contribution in [0.4, 0.5) is 24.7 Å². The molecule has 1 aromatic heterocycles. The van der Waals surface area contributed by atoms with Crippen molar-refractivity contribution in [2.24, 2.45) is 23.7 Å². The Hall–Kier alpha value is -5.88. The number of rotatable bonds is 10. The normalized spacial score (nSPS) is 23.4. The topological polar surface area (TPSA) is 148 Å². The van der Waals surface area contributed by atoms with E-state index in [0.717, 1.165) is 11.1 Å². The van der Waals surface area contributed by atoms with Gasteiger partial charge < -0.3 is 19.3 Å². The number of methoxy groups -OCH3 is 3. The van der Waals surface area contributed by atoms with E-state index >= 15 is 9.59 Å². The van der Waals surface area contributed by atoms with E-state index in [2.05, 4.69) is 42.3 Å². The van der Waals surface area contributed by atoms with Crippen LogP contribution in [0.2, 0.25) is 10.0 Å². The molecule has 19 heteroatoms. The molecule has 9 rings (SSSR count). The van der Waals surface area contributed by atoms with Crippen molar-refractivity contribution < 1.29 is 51.7 Å². The van der Waals surface area contributed by atoms with E-state index in [9.17, 15) is 27.9 Å². The number of anilines is 2. The number of hydrogen-bond acceptors (Lipinski definition) is 10. The van der Waals surface area contributed by atoms with E-state index in [4.69, 9.17) is 37.4 Å². The molecule has 3 heterocycles. The quantitative estimate of drug-likeness (QED) is 0.0787. The lowest BCUT2D eigenvalue weighted by Gasteiger charge is -2.51. The fourth-order valence-electron chi connectivity index (χ4n) is 10.2. The Morgan fingerprint density at radius 1 is 0.838 bits per heavy atom. The third-order valence-electron chi connectivity index (χ3n) is 13.3. The number of hydrazine groups is 1. The second-order valence-electron chi connectivity index (χ2n) is 16.6. The number of pyridine rings is 1. The number of halogens is 7. The van der Waals surface area contributed by atoms with Gasteiger partial charge in [0.2, 0.25) is 11.8 Å². The minimum atomic E-state index is -4.79. The Balaban J connectivity index is 1.15. The summed E-state index contributed by atoms with van der Waals surface area (Å²) in [4.78, 5) is 65.3. The van der Waals surface area contributed by atoms with Crippen LogP contribution in [0.15, 0.2) is 106 Å². The molecule has 4 aliphatic rings. The van der Waals surface area contributed by atoms with Crippen LogP contribution in [0.3, 0.4) is 0 Å². The molecule has 0 bridgehead atoms. The summed E-state index contributed by atoms with van der Waals surface area (Å²) in [6.07, 6.45) is 1.29. The van der Waals surface area contributed by atoms with Crippen molar-refractivity contribution in [3.63, 3.8) is 0 Å². The maximum atomic E-state index is 15.6. The number of aromatic nitrogens is 1. The number of ether oxygens (including phenoxy) is 3. The average Bonchev–Trinajstić information content (AvgIpc) is 3.71. The number of amides is 4. The Labute approximate surface area is 413 Å². The number of carbonyl (C=O) groups excluding carboxylic acids is 4. The molecule has 3 fully saturated rings. The number of fused-ring (bicyclic) bond motifs is 4. The molecule has 2 saturated heterocycles. The van der Waals surface area contributed by atoms with Crippen LogP contribution in [-0.2, 0) is 30.8 Å². The van der Waals surface area contributed by atoms with Crippen molar-refractivity contribution in [2.75, 3.05) is 31.7 Å². The van der Waals surface area contributed by atoms with Crippen molar-refractivity contribution in [1.29, 1.82) is 0 Å². The molecule has 4 aromatic carbocycles. The smallest absolute Gasteiger partial charge is 0.417 e. The van der Waals surface area contributed by atoms with E-state index in [-0.39, 0.29) is 28.8 Å². The lowest BCUT2D eigenvalue weighted by atomic mass is 9.49. The van der Waals surface area contributed by atoms with Gasteiger partial charge in [-0.05, 0) is 122 Å². The summed E-state index contributed by atoms with van der Waals surface area (Å²) in [5, 5.41) is 11.6. The molecule has 350 valence electrons. The molecule has 68 heavy (non-hydrogen) atoms. The van der Waals surface area contributed by atoms with Crippen LogP contribution in [0.1, 0.15) is 46.6 Å². The highest BCUT2D eigenvalue weighted by molar-refractivity contribution is 9.13. The standard InChI is InChI=1S/C49H37Br2Cl2F3N4O8/c1-66-29-14-17-36(67-2)24(18-29)7-4-23-5-12-28(13-6-23)59-44(62)31-16-15-30-32(38(31)46(59)64)20-34-45(63)60(58-43-35(53)19-26(22-57-43)49(54,55)56)47(65)48(34,25-8-10-27(52)11-9-25)39(30)33-21-37(68-3)42(61)41(51)40(33)50/h4-15,17-19,21-22,31-32,34,38-39,61H,16,20H2,1-3H3,(H,57,58). The number of alkyl halides is 3. The summed E-state index contributed by atoms with van der Waals surface area (Å²) in [7, 11) is 4.48. The van der Waals surface area contributed by atoms with Crippen molar-refractivity contribution in [3.05, 3.63) is 144 Å². The monoisotopic (exact) mass is 1090 g/mol. The summed E-state index contributed by atoms with van der Waals surface area (Å²) in [5.41, 5.74) is 2.80. The molecule has 6 unspecified atom stereocenters. The average molecular weight is 1100 g/mol. The van der Waals surface area contributed by atoms with Crippen molar-refractivity contribution in [1.82, 2.24) is 9.99 Å². The molecule has 6 atom stereocenters. The second-order valence-corrected chi connectivity index (χ2v) is 19.0. The van der Waals surface area contributed by atoms with Gasteiger partial charge in [0.15, 0.2) is 17.3 Å². The van der Waals surface area contributed by atoms with Gasteiger partial charge in [-0.1, -0.05) is 71.3 Å². The summed E-state index contributed by atoms with van der Waals surface area (Å²) in [6.45, 7) is 0. The zero-order chi connectivity index (χ0) is 48.6. The highest BCUT2D eigenvalue weighted by atomic mass is 79.9. The zero-order valence-corrected chi connectivity index (χ0v) is 40.6. The molecule has 12 nitrogen and oxygen atoms in total. The number of nitrogens with zero attached hydrogens (tertiary/aromatic N) is 3. The van der Waals surface area contributed by atoms with Gasteiger partial charge in [0.05, 0.1) is 65.2 Å². The maximum absolute atomic E-state index is 15.6. The van der Waals surface area contributed by atoms with Crippen LogP contribution in [0.25, 0.3) is 12.2 Å². The minimum absolute atomic E-state index is 0.0148. The first-order valence-corrected chi connectivity index (χ1v) is 23.2. The maximum Gasteiger partial charge on any atom is 0.417 e. The molecule has 0 radical (unpaired) electrons. The van der Waals surface area contributed by atoms with E-state index in [1.807, 2.05) is 24.3 Å². The lowest BCUT2D eigenvalue weighted by molar-refractivity contribution is -0.139. The van der Waals surface area contributed by atoms with Crippen molar-refractivity contribution in [3.8, 4) is 23.0 Å². The SMILES string of the molecule is COc1ccc(OC)c(C=Cc2ccc(N3C(=O)C4CC=C5C(CC6C(=O)N(Nc7ncc(C(F)(F)F)cc7Cl)C(=O)C6(c6ccc(Cl)cc6)C5c5cc(OC)c(O)c(Br)c5Br)C4C3=O)cc2)c1. The van der Waals surface area contributed by atoms with Gasteiger partial charge in [0.1, 0.15) is 11.5 Å². The second kappa shape index (κ2) is 17.9. The molecule has 5 aromatic rings. The van der Waals surface area contributed by atoms with Gasteiger partial charge in [0.25, 0.3) is 11.8 Å². The predicted molar refractivity (Wildman–Crippen MR) is 254 cm³/mol. The number of phenols is 1. The van der Waals surface area contributed by atoms with Gasteiger partial charge in [-0.2, -0.15) is 18.2 Å². The summed E-state index contributed by atoms with van der Waals surface area (Å²) < 4.78 is 57.9. The van der Waals surface area contributed by atoms with Gasteiger partial charge in [-0.25, -0.2) is 4.98 Å². The number of aromatic hydroxyl groups is 1. The third-order valence-corrected chi connectivity index (χ3v) is 16.0. The highest BCUT2D eigenvalue weighted by Crippen LogP contribution is 2.66. The molecule has 4 amide bonds. The predicted octanol–water partition coefficient (Wildman–Crippen LogP) is 11.0. The molecule has 2 N–H and O–H groups in total. The Morgan fingerprint density at radius 2 is 1.54 bits per heavy atom. The largest absolute Gasteiger partial charge is 0.503 e. The van der Waals surface area contributed by atoms with Gasteiger partial charge in [0, 0.05) is 27.2 Å². The Bertz CT molecular complexity index is 2990. The van der Waals surface area contributed by atoms with Crippen LogP contribution >= 0.6 is 55.1 Å². The van der Waals surface area contributed by atoms with E-state index in [1.165, 1.54) is 18.1 Å². The van der Waals surface area contributed by atoms with E-state index < -0.39 is 81.2 Å². The van der Waals surface area contributed by atoms with Crippen LogP contribution < -0.4 is 24.5 Å². The number of hydrogen-bond donors (Lipinski definition) is 2. The van der Waals surface area contributed by atoms with Gasteiger partial charge in [-0.3, -0.25) is 29.5 Å². The minimum Gasteiger partial charge on any atom is -0.503 e. The highest BCUT2D eigenvalue weighted by Gasteiger charge is 2.71. The number of nitrogens with one attached hydrogen (secondary N) is 1. The summed E-state index contributed by atoms with van der Waals surface area (Å²) in [6, 6.07) is 20.8. The van der Waals surface area contributed by atoms with Gasteiger partial charge in [-0.15, -0.1) is 0 Å². The molecular weight excluding hydrogens is 1060 g/mol. The number of carbonyl (C=O) groups is 4. The summed E-state index contributed by atoms with van der Waals surface area (Å²) in [5.74, 6) is -6.91. The first kappa shape index (κ1) is 47.2. The molecule has 1 saturated carbocycles. The Kier molecular flexibility index (Phi) is 12.4. The van der Waals surface area contributed by atoms with Gasteiger partial charge >= 0.3 is 6.18 Å². The number of benzene rings is 4. The first-order valence-electron chi connectivity index (χ1n) is 20.9. The van der Waals surface area contributed by atoms with Crippen LogP contribution in [-0.4, -0.2) is 60.1 Å². The lowest BCUT2D eigenvalue weighted by Crippen LogP contribution is -2.53. The van der Waals surface area contributed by atoms with E-state index in [1.54, 1.807) is 74.9 Å². The Morgan fingerprint density at radius 3 is 2.19 bits per heavy atom. The molecule has 0 spiro atoms.